The third-order valence-corrected chi connectivity index (χ3v) is 5.08. The van der Waals surface area contributed by atoms with Crippen LogP contribution in [0.25, 0.3) is 10.8 Å². The number of benzene rings is 1. The number of ether oxygens (including phenoxy) is 1. The quantitative estimate of drug-likeness (QED) is 0.457. The average molecular weight is 415 g/mol. The summed E-state index contributed by atoms with van der Waals surface area (Å²) in [5, 5.41) is 7.68. The molecule has 4 aromatic rings. The van der Waals surface area contributed by atoms with Crippen LogP contribution in [0.2, 0.25) is 0 Å². The number of nitrogens with zero attached hydrogens (tertiary/aromatic N) is 4. The lowest BCUT2D eigenvalue weighted by molar-refractivity contribution is 0.122. The van der Waals surface area contributed by atoms with Crippen LogP contribution >= 0.6 is 0 Å². The van der Waals surface area contributed by atoms with Gasteiger partial charge >= 0.3 is 0 Å². The molecule has 0 spiro atoms. The molecule has 9 nitrogen and oxygen atoms in total. The molecule has 156 valence electrons. The molecule has 0 unspecified atom stereocenters. The Hall–Kier alpha value is -3.98. The predicted molar refractivity (Wildman–Crippen MR) is 120 cm³/mol. The van der Waals surface area contributed by atoms with Gasteiger partial charge in [-0.3, -0.25) is 9.78 Å². The van der Waals surface area contributed by atoms with Crippen LogP contribution in [0.1, 0.15) is 0 Å². The van der Waals surface area contributed by atoms with Gasteiger partial charge in [0.1, 0.15) is 17.5 Å². The number of aromatic amines is 1. The molecule has 0 saturated carbocycles. The predicted octanol–water partition coefficient (Wildman–Crippen LogP) is 3.04. The minimum absolute atomic E-state index is 0.205. The van der Waals surface area contributed by atoms with E-state index in [1.165, 1.54) is 0 Å². The SMILES string of the molecule is O=c1[nH]ccc2cc(Nc3cnccn3)nc(Nc3ccc(N4CCOCC4)cc3)c12. The molecular weight excluding hydrogens is 394 g/mol. The number of fused-ring (bicyclic) bond motifs is 1. The number of hydrogen-bond donors (Lipinski definition) is 3. The fourth-order valence-corrected chi connectivity index (χ4v) is 3.58. The maximum Gasteiger partial charge on any atom is 0.259 e. The summed E-state index contributed by atoms with van der Waals surface area (Å²) in [6, 6.07) is 11.7. The number of anilines is 5. The highest BCUT2D eigenvalue weighted by atomic mass is 16.5. The van der Waals surface area contributed by atoms with Crippen LogP contribution in [-0.4, -0.2) is 46.2 Å². The van der Waals surface area contributed by atoms with E-state index in [9.17, 15) is 4.79 Å². The standard InChI is InChI=1S/C22H21N7O2/c30-22-20-15(5-6-25-22)13-18(27-19-14-23-7-8-24-19)28-21(20)26-16-1-3-17(4-2-16)29-9-11-31-12-10-29/h1-8,13-14H,9-12H2,(H,25,30)(H2,24,26,27,28). The Kier molecular flexibility index (Phi) is 5.16. The average Bonchev–Trinajstić information content (AvgIpc) is 2.81. The number of rotatable bonds is 5. The largest absolute Gasteiger partial charge is 0.378 e. The highest BCUT2D eigenvalue weighted by molar-refractivity contribution is 5.94. The molecule has 3 aromatic heterocycles. The third kappa shape index (κ3) is 4.17. The molecule has 3 N–H and O–H groups in total. The summed E-state index contributed by atoms with van der Waals surface area (Å²) in [7, 11) is 0. The molecule has 1 aromatic carbocycles. The molecule has 31 heavy (non-hydrogen) atoms. The van der Waals surface area contributed by atoms with Gasteiger partial charge in [-0.05, 0) is 41.8 Å². The molecular formula is C22H21N7O2. The summed E-state index contributed by atoms with van der Waals surface area (Å²) in [5.74, 6) is 1.59. The maximum absolute atomic E-state index is 12.5. The lowest BCUT2D eigenvalue weighted by atomic mass is 10.2. The van der Waals surface area contributed by atoms with E-state index in [0.29, 0.717) is 22.8 Å². The molecule has 0 radical (unpaired) electrons. The van der Waals surface area contributed by atoms with Crippen molar-refractivity contribution in [2.75, 3.05) is 41.8 Å². The van der Waals surface area contributed by atoms with Crippen molar-refractivity contribution < 1.29 is 4.74 Å². The molecule has 9 heteroatoms. The van der Waals surface area contributed by atoms with E-state index < -0.39 is 0 Å². The van der Waals surface area contributed by atoms with Crippen molar-refractivity contribution in [2.24, 2.45) is 0 Å². The van der Waals surface area contributed by atoms with Crippen molar-refractivity contribution in [2.45, 2.75) is 0 Å². The van der Waals surface area contributed by atoms with Crippen molar-refractivity contribution in [1.82, 2.24) is 19.9 Å². The maximum atomic E-state index is 12.5. The third-order valence-electron chi connectivity index (χ3n) is 5.08. The van der Waals surface area contributed by atoms with Crippen molar-refractivity contribution in [3.8, 4) is 0 Å². The first-order chi connectivity index (χ1) is 15.3. The fourth-order valence-electron chi connectivity index (χ4n) is 3.58. The van der Waals surface area contributed by atoms with E-state index in [1.807, 2.05) is 24.3 Å². The molecule has 4 heterocycles. The van der Waals surface area contributed by atoms with Gasteiger partial charge in [0.2, 0.25) is 0 Å². The van der Waals surface area contributed by atoms with Crippen molar-refractivity contribution in [3.05, 3.63) is 71.5 Å². The van der Waals surface area contributed by atoms with E-state index in [4.69, 9.17) is 4.74 Å². The molecule has 0 aliphatic carbocycles. The van der Waals surface area contributed by atoms with Gasteiger partial charge < -0.3 is 25.3 Å². The monoisotopic (exact) mass is 415 g/mol. The summed E-state index contributed by atoms with van der Waals surface area (Å²) >= 11 is 0. The van der Waals surface area contributed by atoms with Gasteiger partial charge in [0.15, 0.2) is 0 Å². The summed E-state index contributed by atoms with van der Waals surface area (Å²) in [5.41, 5.74) is 1.77. The van der Waals surface area contributed by atoms with E-state index in [-0.39, 0.29) is 5.56 Å². The van der Waals surface area contributed by atoms with E-state index in [0.717, 1.165) is 43.1 Å². The number of nitrogens with one attached hydrogen (secondary N) is 3. The normalized spacial score (nSPS) is 13.9. The molecule has 0 bridgehead atoms. The second kappa shape index (κ2) is 8.41. The molecule has 0 atom stereocenters. The van der Waals surface area contributed by atoms with Crippen molar-refractivity contribution in [1.29, 1.82) is 0 Å². The number of pyridine rings is 2. The zero-order valence-corrected chi connectivity index (χ0v) is 16.7. The molecule has 0 amide bonds. The van der Waals surface area contributed by atoms with Gasteiger partial charge in [-0.1, -0.05) is 0 Å². The zero-order chi connectivity index (χ0) is 21.0. The highest BCUT2D eigenvalue weighted by Crippen LogP contribution is 2.27. The van der Waals surface area contributed by atoms with Crippen LogP contribution in [0.15, 0.2) is 66.0 Å². The minimum atomic E-state index is -0.205. The van der Waals surface area contributed by atoms with Gasteiger partial charge in [0.05, 0.1) is 24.8 Å². The number of H-pyrrole nitrogens is 1. The number of aromatic nitrogens is 4. The van der Waals surface area contributed by atoms with E-state index >= 15 is 0 Å². The Labute approximate surface area is 178 Å². The lowest BCUT2D eigenvalue weighted by Gasteiger charge is -2.28. The summed E-state index contributed by atoms with van der Waals surface area (Å²) in [6.45, 7) is 3.24. The molecule has 1 aliphatic rings. The number of morpholine rings is 1. The Morgan fingerprint density at radius 3 is 2.61 bits per heavy atom. The van der Waals surface area contributed by atoms with Crippen LogP contribution in [0.4, 0.5) is 28.8 Å². The van der Waals surface area contributed by atoms with Crippen LogP contribution < -0.4 is 21.1 Å². The van der Waals surface area contributed by atoms with Crippen LogP contribution in [0.3, 0.4) is 0 Å². The Bertz CT molecular complexity index is 1240. The second-order valence-electron chi connectivity index (χ2n) is 7.11. The summed E-state index contributed by atoms with van der Waals surface area (Å²) in [6.07, 6.45) is 6.44. The first-order valence-corrected chi connectivity index (χ1v) is 10.0. The number of hydrogen-bond acceptors (Lipinski definition) is 8. The van der Waals surface area contributed by atoms with Gasteiger partial charge in [0.25, 0.3) is 5.56 Å². The van der Waals surface area contributed by atoms with E-state index in [2.05, 4.69) is 47.6 Å². The topological polar surface area (TPSA) is 108 Å². The molecule has 1 saturated heterocycles. The van der Waals surface area contributed by atoms with Crippen LogP contribution in [0, 0.1) is 0 Å². The van der Waals surface area contributed by atoms with Gasteiger partial charge in [-0.25, -0.2) is 9.97 Å². The van der Waals surface area contributed by atoms with Crippen LogP contribution in [-0.2, 0) is 4.74 Å². The van der Waals surface area contributed by atoms with E-state index in [1.54, 1.807) is 24.8 Å². The Balaban J connectivity index is 1.47. The Morgan fingerprint density at radius 2 is 1.84 bits per heavy atom. The molecule has 1 aliphatic heterocycles. The molecule has 5 rings (SSSR count). The zero-order valence-electron chi connectivity index (χ0n) is 16.7. The van der Waals surface area contributed by atoms with Crippen molar-refractivity contribution >= 4 is 39.6 Å². The smallest absolute Gasteiger partial charge is 0.259 e. The first kappa shape index (κ1) is 19.0. The summed E-state index contributed by atoms with van der Waals surface area (Å²) in [4.78, 5) is 30.4. The highest BCUT2D eigenvalue weighted by Gasteiger charge is 2.13. The fraction of sp³-hybridized carbons (Fsp3) is 0.182. The summed E-state index contributed by atoms with van der Waals surface area (Å²) < 4.78 is 5.42. The molecule has 1 fully saturated rings. The lowest BCUT2D eigenvalue weighted by Crippen LogP contribution is -2.36. The van der Waals surface area contributed by atoms with Gasteiger partial charge in [-0.15, -0.1) is 0 Å². The van der Waals surface area contributed by atoms with Gasteiger partial charge in [-0.2, -0.15) is 0 Å². The first-order valence-electron chi connectivity index (χ1n) is 10.0. The van der Waals surface area contributed by atoms with Gasteiger partial charge in [0, 0.05) is 43.1 Å². The van der Waals surface area contributed by atoms with Crippen LogP contribution in [0.5, 0.6) is 0 Å². The Morgan fingerprint density at radius 1 is 1.00 bits per heavy atom. The minimum Gasteiger partial charge on any atom is -0.378 e. The second-order valence-corrected chi connectivity index (χ2v) is 7.11. The van der Waals surface area contributed by atoms with Crippen molar-refractivity contribution in [3.63, 3.8) is 0 Å².